The van der Waals surface area contributed by atoms with Crippen LogP contribution in [0.15, 0.2) is 30.3 Å². The van der Waals surface area contributed by atoms with E-state index in [0.29, 0.717) is 18.1 Å². The first-order valence-corrected chi connectivity index (χ1v) is 10.8. The first kappa shape index (κ1) is 20.1. The Bertz CT molecular complexity index is 922. The van der Waals surface area contributed by atoms with E-state index in [4.69, 9.17) is 9.47 Å². The Hall–Kier alpha value is -2.23. The van der Waals surface area contributed by atoms with E-state index in [1.807, 2.05) is 6.92 Å². The standard InChI is InChI=1S/C25H33NO3/c1-16-21-12-11-20(29-19-9-7-18(8-10-19)24(2,3)4)14-17(21)6-13-22(16)25(5)15-28-23(27)26-25/h6,11-14,18-19H,7-10,15H2,1-5H3,(H,26,27)/t18?,19?,25-/m0/s1. The highest BCUT2D eigenvalue weighted by Crippen LogP contribution is 2.39. The summed E-state index contributed by atoms with van der Waals surface area (Å²) in [5.74, 6) is 1.74. The van der Waals surface area contributed by atoms with Crippen molar-refractivity contribution >= 4 is 16.9 Å². The molecule has 1 amide bonds. The van der Waals surface area contributed by atoms with Crippen LogP contribution in [-0.2, 0) is 10.3 Å². The molecule has 2 aliphatic rings. The van der Waals surface area contributed by atoms with Gasteiger partial charge in [-0.1, -0.05) is 39.0 Å². The molecule has 0 bridgehead atoms. The summed E-state index contributed by atoms with van der Waals surface area (Å²) in [4.78, 5) is 11.6. The molecular formula is C25H33NO3. The maximum absolute atomic E-state index is 11.6. The second-order valence-corrected chi connectivity index (χ2v) is 10.1. The van der Waals surface area contributed by atoms with Gasteiger partial charge in [-0.3, -0.25) is 0 Å². The molecule has 1 saturated heterocycles. The maximum Gasteiger partial charge on any atom is 0.408 e. The summed E-state index contributed by atoms with van der Waals surface area (Å²) in [6.07, 6.45) is 4.73. The van der Waals surface area contributed by atoms with Gasteiger partial charge >= 0.3 is 6.09 Å². The lowest BCUT2D eigenvalue weighted by Gasteiger charge is -2.37. The van der Waals surface area contributed by atoms with E-state index in [9.17, 15) is 4.79 Å². The fourth-order valence-electron chi connectivity index (χ4n) is 5.03. The summed E-state index contributed by atoms with van der Waals surface area (Å²) < 4.78 is 11.5. The zero-order chi connectivity index (χ0) is 20.8. The fraction of sp³-hybridized carbons (Fsp3) is 0.560. The zero-order valence-electron chi connectivity index (χ0n) is 18.3. The lowest BCUT2D eigenvalue weighted by Crippen LogP contribution is -2.37. The summed E-state index contributed by atoms with van der Waals surface area (Å²) in [5.41, 5.74) is 2.19. The van der Waals surface area contributed by atoms with Crippen molar-refractivity contribution in [3.63, 3.8) is 0 Å². The van der Waals surface area contributed by atoms with Crippen LogP contribution in [0.3, 0.4) is 0 Å². The van der Waals surface area contributed by atoms with Crippen LogP contribution in [0.2, 0.25) is 0 Å². The van der Waals surface area contributed by atoms with Crippen LogP contribution in [0.1, 0.15) is 64.5 Å². The van der Waals surface area contributed by atoms with E-state index >= 15 is 0 Å². The molecule has 0 spiro atoms. The number of carbonyl (C=O) groups excluding carboxylic acids is 1. The molecule has 4 rings (SSSR count). The first-order chi connectivity index (χ1) is 13.7. The number of amides is 1. The van der Waals surface area contributed by atoms with E-state index in [0.717, 1.165) is 30.1 Å². The van der Waals surface area contributed by atoms with E-state index < -0.39 is 5.54 Å². The van der Waals surface area contributed by atoms with Gasteiger partial charge in [0.2, 0.25) is 0 Å². The quantitative estimate of drug-likeness (QED) is 0.684. The van der Waals surface area contributed by atoms with Gasteiger partial charge in [0.15, 0.2) is 0 Å². The molecule has 29 heavy (non-hydrogen) atoms. The van der Waals surface area contributed by atoms with Gasteiger partial charge in [-0.2, -0.15) is 0 Å². The normalized spacial score (nSPS) is 27.6. The topological polar surface area (TPSA) is 47.6 Å². The number of aryl methyl sites for hydroxylation is 1. The minimum atomic E-state index is -0.476. The monoisotopic (exact) mass is 395 g/mol. The highest BCUT2D eigenvalue weighted by molar-refractivity contribution is 5.88. The van der Waals surface area contributed by atoms with Crippen molar-refractivity contribution in [2.75, 3.05) is 6.61 Å². The van der Waals surface area contributed by atoms with Crippen molar-refractivity contribution in [3.8, 4) is 5.75 Å². The molecule has 2 aromatic rings. The first-order valence-electron chi connectivity index (χ1n) is 10.8. The molecule has 2 aromatic carbocycles. The van der Waals surface area contributed by atoms with E-state index in [-0.39, 0.29) is 6.09 Å². The van der Waals surface area contributed by atoms with Crippen molar-refractivity contribution in [1.82, 2.24) is 5.32 Å². The molecule has 0 unspecified atom stereocenters. The number of hydrogen-bond acceptors (Lipinski definition) is 3. The Morgan fingerprint density at radius 1 is 1.10 bits per heavy atom. The molecule has 1 saturated carbocycles. The lowest BCUT2D eigenvalue weighted by molar-refractivity contribution is 0.0883. The van der Waals surface area contributed by atoms with Crippen molar-refractivity contribution < 1.29 is 14.3 Å². The number of fused-ring (bicyclic) bond motifs is 1. The largest absolute Gasteiger partial charge is 0.490 e. The molecule has 156 valence electrons. The third-order valence-corrected chi connectivity index (χ3v) is 6.93. The minimum Gasteiger partial charge on any atom is -0.490 e. The highest BCUT2D eigenvalue weighted by Gasteiger charge is 2.38. The summed E-state index contributed by atoms with van der Waals surface area (Å²) in [5, 5.41) is 5.30. The number of hydrogen-bond donors (Lipinski definition) is 1. The summed E-state index contributed by atoms with van der Waals surface area (Å²) in [7, 11) is 0. The second-order valence-electron chi connectivity index (χ2n) is 10.1. The van der Waals surface area contributed by atoms with Crippen molar-refractivity contribution in [3.05, 3.63) is 41.5 Å². The minimum absolute atomic E-state index is 0.316. The average molecular weight is 396 g/mol. The van der Waals surface area contributed by atoms with Crippen LogP contribution < -0.4 is 10.1 Å². The number of carbonyl (C=O) groups is 1. The van der Waals surface area contributed by atoms with Gasteiger partial charge in [0, 0.05) is 0 Å². The second kappa shape index (κ2) is 7.23. The molecular weight excluding hydrogens is 362 g/mol. The number of benzene rings is 2. The fourth-order valence-corrected chi connectivity index (χ4v) is 5.03. The number of alkyl carbamates (subject to hydrolysis) is 1. The average Bonchev–Trinajstić information content (AvgIpc) is 3.01. The predicted molar refractivity (Wildman–Crippen MR) is 116 cm³/mol. The molecule has 1 atom stereocenters. The predicted octanol–water partition coefficient (Wildman–Crippen LogP) is 6.09. The van der Waals surface area contributed by atoms with Gasteiger partial charge in [-0.05, 0) is 84.9 Å². The van der Waals surface area contributed by atoms with Crippen LogP contribution in [0.5, 0.6) is 5.75 Å². The Labute approximate surface area is 174 Å². The van der Waals surface area contributed by atoms with Crippen LogP contribution in [0.25, 0.3) is 10.8 Å². The van der Waals surface area contributed by atoms with Gasteiger partial charge in [-0.15, -0.1) is 0 Å². The van der Waals surface area contributed by atoms with Crippen molar-refractivity contribution in [1.29, 1.82) is 0 Å². The highest BCUT2D eigenvalue weighted by atomic mass is 16.6. The van der Waals surface area contributed by atoms with E-state index in [2.05, 4.69) is 63.3 Å². The smallest absolute Gasteiger partial charge is 0.408 e. The molecule has 2 fully saturated rings. The Morgan fingerprint density at radius 2 is 1.83 bits per heavy atom. The van der Waals surface area contributed by atoms with Crippen LogP contribution >= 0.6 is 0 Å². The Morgan fingerprint density at radius 3 is 2.45 bits per heavy atom. The van der Waals surface area contributed by atoms with Gasteiger partial charge in [-0.25, -0.2) is 4.79 Å². The lowest BCUT2D eigenvalue weighted by atomic mass is 9.72. The Balaban J connectivity index is 1.51. The molecule has 1 aliphatic heterocycles. The number of ether oxygens (including phenoxy) is 2. The third-order valence-electron chi connectivity index (χ3n) is 6.93. The van der Waals surface area contributed by atoms with Crippen LogP contribution in [0, 0.1) is 18.3 Å². The number of rotatable bonds is 3. The SMILES string of the molecule is Cc1c([C@]2(C)COC(=O)N2)ccc2cc(OC3CCC(C(C)(C)C)CC3)ccc12. The van der Waals surface area contributed by atoms with E-state index in [1.54, 1.807) is 0 Å². The number of nitrogens with one attached hydrogen (secondary N) is 1. The molecule has 4 heteroatoms. The summed E-state index contributed by atoms with van der Waals surface area (Å²) in [6, 6.07) is 10.6. The van der Waals surface area contributed by atoms with Crippen LogP contribution in [0.4, 0.5) is 4.79 Å². The van der Waals surface area contributed by atoms with E-state index in [1.165, 1.54) is 29.2 Å². The molecule has 4 nitrogen and oxygen atoms in total. The molecule has 1 N–H and O–H groups in total. The number of cyclic esters (lactones) is 1. The van der Waals surface area contributed by atoms with Gasteiger partial charge < -0.3 is 14.8 Å². The summed E-state index contributed by atoms with van der Waals surface area (Å²) >= 11 is 0. The van der Waals surface area contributed by atoms with Crippen LogP contribution in [-0.4, -0.2) is 18.8 Å². The van der Waals surface area contributed by atoms with Gasteiger partial charge in [0.25, 0.3) is 0 Å². The molecule has 1 aliphatic carbocycles. The molecule has 0 radical (unpaired) electrons. The Kier molecular flexibility index (Phi) is 5.00. The molecule has 1 heterocycles. The van der Waals surface area contributed by atoms with Gasteiger partial charge in [0.1, 0.15) is 17.9 Å². The maximum atomic E-state index is 11.6. The van der Waals surface area contributed by atoms with Crippen molar-refractivity contribution in [2.24, 2.45) is 11.3 Å². The zero-order valence-corrected chi connectivity index (χ0v) is 18.3. The van der Waals surface area contributed by atoms with Crippen molar-refractivity contribution in [2.45, 2.75) is 71.9 Å². The summed E-state index contributed by atoms with van der Waals surface area (Å²) in [6.45, 7) is 11.5. The van der Waals surface area contributed by atoms with Gasteiger partial charge in [0.05, 0.1) is 6.10 Å². The third kappa shape index (κ3) is 3.94. The molecule has 0 aromatic heterocycles.